The van der Waals surface area contributed by atoms with E-state index < -0.39 is 5.92 Å². The molecular weight excluding hydrogens is 549 g/mol. The van der Waals surface area contributed by atoms with Crippen molar-refractivity contribution >= 4 is 43.8 Å². The van der Waals surface area contributed by atoms with Crippen molar-refractivity contribution in [2.24, 2.45) is 0 Å². The first kappa shape index (κ1) is 25.5. The molecule has 41 heavy (non-hydrogen) atoms. The zero-order valence-electron chi connectivity index (χ0n) is 22.3. The van der Waals surface area contributed by atoms with Gasteiger partial charge in [0.05, 0.1) is 16.1 Å². The molecule has 7 rings (SSSR count). The summed E-state index contributed by atoms with van der Waals surface area (Å²) in [7, 11) is 0. The third-order valence-corrected chi connectivity index (χ3v) is 9.58. The summed E-state index contributed by atoms with van der Waals surface area (Å²) in [5.74, 6) is 1.03. The van der Waals surface area contributed by atoms with Crippen LogP contribution in [0.4, 0.5) is 5.00 Å². The molecule has 0 atom stereocenters. The number of nitrogens with one attached hydrogen (secondary N) is 1. The van der Waals surface area contributed by atoms with Crippen molar-refractivity contribution in [1.82, 2.24) is 4.98 Å². The number of anilines is 1. The largest absolute Gasteiger partial charge is 0.454 e. The first-order valence-electron chi connectivity index (χ1n) is 13.4. The van der Waals surface area contributed by atoms with Gasteiger partial charge in [-0.1, -0.05) is 78.9 Å². The first-order chi connectivity index (χ1) is 20.1. The van der Waals surface area contributed by atoms with E-state index >= 15 is 0 Å². The Bertz CT molecular complexity index is 1790. The van der Waals surface area contributed by atoms with Crippen LogP contribution >= 0.6 is 22.7 Å². The molecule has 0 unspecified atom stereocenters. The molecule has 0 saturated carbocycles. The average molecular weight is 575 g/mol. The number of thiazole rings is 1. The summed E-state index contributed by atoms with van der Waals surface area (Å²) in [6, 6.07) is 34.1. The van der Waals surface area contributed by atoms with Crippen LogP contribution in [0.15, 0.2) is 103 Å². The fourth-order valence-electron chi connectivity index (χ4n) is 5.26. The minimum atomic E-state index is -0.444. The number of ether oxygens (including phenoxy) is 2. The number of para-hydroxylation sites is 1. The summed E-state index contributed by atoms with van der Waals surface area (Å²) in [6.45, 7) is 2.38. The van der Waals surface area contributed by atoms with Crippen LogP contribution in [0, 0.1) is 6.92 Å². The smallest absolute Gasteiger partial charge is 0.237 e. The SMILES string of the molecule is Cc1c(Cc2ccc3c(c2)OCO3)sc(NC(=O)C(c2ccccc2)c2ccccc2)c1-c1nc2ccccc2s1. The van der Waals surface area contributed by atoms with E-state index in [0.717, 1.165) is 59.5 Å². The number of amides is 1. The standard InChI is InChI=1S/C34H26N2O3S2/c1-21-29(19-22-16-17-26-27(18-22)39-20-38-26)41-34(30(21)33-35-25-14-8-9-15-28(25)40-33)36-32(37)31(23-10-4-2-5-11-23)24-12-6-3-7-13-24/h2-18,31H,19-20H2,1H3,(H,36,37). The number of aromatic nitrogens is 1. The molecule has 0 fully saturated rings. The molecule has 0 spiro atoms. The highest BCUT2D eigenvalue weighted by molar-refractivity contribution is 7.23. The second kappa shape index (κ2) is 10.8. The van der Waals surface area contributed by atoms with Crippen molar-refractivity contribution in [2.45, 2.75) is 19.3 Å². The van der Waals surface area contributed by atoms with Gasteiger partial charge in [-0.25, -0.2) is 4.98 Å². The van der Waals surface area contributed by atoms with Gasteiger partial charge in [-0.2, -0.15) is 0 Å². The number of nitrogens with zero attached hydrogens (tertiary/aromatic N) is 1. The van der Waals surface area contributed by atoms with Gasteiger partial charge in [-0.15, -0.1) is 22.7 Å². The molecule has 3 heterocycles. The van der Waals surface area contributed by atoms with Gasteiger partial charge in [0, 0.05) is 16.9 Å². The lowest BCUT2D eigenvalue weighted by atomic mass is 9.90. The Kier molecular flexibility index (Phi) is 6.74. The van der Waals surface area contributed by atoms with Crippen LogP contribution in [0.2, 0.25) is 0 Å². The Morgan fingerprint density at radius 2 is 1.54 bits per heavy atom. The highest BCUT2D eigenvalue weighted by Crippen LogP contribution is 2.45. The van der Waals surface area contributed by atoms with Crippen molar-refractivity contribution in [2.75, 3.05) is 12.1 Å². The maximum absolute atomic E-state index is 14.1. The van der Waals surface area contributed by atoms with Gasteiger partial charge in [-0.05, 0) is 53.4 Å². The zero-order chi connectivity index (χ0) is 27.8. The summed E-state index contributed by atoms with van der Waals surface area (Å²) in [5, 5.41) is 5.07. The monoisotopic (exact) mass is 574 g/mol. The number of benzene rings is 4. The normalized spacial score (nSPS) is 12.2. The lowest BCUT2D eigenvalue weighted by Gasteiger charge is -2.18. The van der Waals surface area contributed by atoms with E-state index in [0.29, 0.717) is 6.42 Å². The van der Waals surface area contributed by atoms with Crippen LogP contribution in [-0.4, -0.2) is 17.7 Å². The molecule has 202 valence electrons. The van der Waals surface area contributed by atoms with Crippen LogP contribution < -0.4 is 14.8 Å². The molecule has 1 aliphatic heterocycles. The van der Waals surface area contributed by atoms with Gasteiger partial charge in [-0.3, -0.25) is 4.79 Å². The minimum Gasteiger partial charge on any atom is -0.454 e. The summed E-state index contributed by atoms with van der Waals surface area (Å²) in [6.07, 6.45) is 0.710. The molecule has 0 saturated heterocycles. The lowest BCUT2D eigenvalue weighted by molar-refractivity contribution is -0.116. The van der Waals surface area contributed by atoms with E-state index in [4.69, 9.17) is 14.5 Å². The molecule has 6 aromatic rings. The number of rotatable bonds is 7. The van der Waals surface area contributed by atoms with Crippen LogP contribution in [-0.2, 0) is 11.2 Å². The highest BCUT2D eigenvalue weighted by atomic mass is 32.1. The van der Waals surface area contributed by atoms with Crippen LogP contribution in [0.25, 0.3) is 20.8 Å². The summed E-state index contributed by atoms with van der Waals surface area (Å²) in [5.41, 5.74) is 6.09. The summed E-state index contributed by atoms with van der Waals surface area (Å²) < 4.78 is 12.2. The summed E-state index contributed by atoms with van der Waals surface area (Å²) in [4.78, 5) is 20.3. The van der Waals surface area contributed by atoms with Crippen molar-refractivity contribution in [3.05, 3.63) is 130 Å². The Balaban J connectivity index is 1.30. The van der Waals surface area contributed by atoms with E-state index in [9.17, 15) is 4.79 Å². The molecule has 0 aliphatic carbocycles. The molecule has 0 bridgehead atoms. The maximum Gasteiger partial charge on any atom is 0.237 e. The Hall–Kier alpha value is -4.46. The highest BCUT2D eigenvalue weighted by Gasteiger charge is 2.27. The van der Waals surface area contributed by atoms with Gasteiger partial charge in [0.1, 0.15) is 10.0 Å². The number of hydrogen-bond donors (Lipinski definition) is 1. The Labute approximate surface area is 246 Å². The third-order valence-electron chi connectivity index (χ3n) is 7.32. The first-order valence-corrected chi connectivity index (χ1v) is 15.0. The van der Waals surface area contributed by atoms with Crippen molar-refractivity contribution < 1.29 is 14.3 Å². The topological polar surface area (TPSA) is 60.5 Å². The van der Waals surface area contributed by atoms with Gasteiger partial charge < -0.3 is 14.8 Å². The molecule has 2 aromatic heterocycles. The number of hydrogen-bond acceptors (Lipinski definition) is 6. The van der Waals surface area contributed by atoms with E-state index in [1.54, 1.807) is 22.7 Å². The van der Waals surface area contributed by atoms with Crippen LogP contribution in [0.1, 0.15) is 33.0 Å². The van der Waals surface area contributed by atoms with Gasteiger partial charge in [0.2, 0.25) is 12.7 Å². The summed E-state index contributed by atoms with van der Waals surface area (Å²) >= 11 is 3.27. The molecule has 4 aromatic carbocycles. The Morgan fingerprint density at radius 3 is 2.27 bits per heavy atom. The zero-order valence-corrected chi connectivity index (χ0v) is 23.9. The quantitative estimate of drug-likeness (QED) is 0.208. The molecule has 5 nitrogen and oxygen atoms in total. The molecule has 1 aliphatic rings. The number of carbonyl (C=O) groups excluding carboxylic acids is 1. The van der Waals surface area contributed by atoms with Crippen molar-refractivity contribution in [3.8, 4) is 22.1 Å². The second-order valence-corrected chi connectivity index (χ2v) is 12.1. The fourth-order valence-corrected chi connectivity index (χ4v) is 7.64. The van der Waals surface area contributed by atoms with E-state index in [1.807, 2.05) is 91.0 Å². The molecule has 7 heteroatoms. The lowest BCUT2D eigenvalue weighted by Crippen LogP contribution is -2.22. The second-order valence-electron chi connectivity index (χ2n) is 9.95. The predicted octanol–water partition coefficient (Wildman–Crippen LogP) is 8.42. The molecule has 1 amide bonds. The van der Waals surface area contributed by atoms with Gasteiger partial charge in [0.15, 0.2) is 11.5 Å². The fraction of sp³-hybridized carbons (Fsp3) is 0.118. The number of thiophene rings is 1. The van der Waals surface area contributed by atoms with Gasteiger partial charge in [0.25, 0.3) is 0 Å². The third kappa shape index (κ3) is 4.99. The molecule has 0 radical (unpaired) electrons. The van der Waals surface area contributed by atoms with E-state index in [1.165, 1.54) is 4.88 Å². The van der Waals surface area contributed by atoms with Crippen molar-refractivity contribution in [1.29, 1.82) is 0 Å². The van der Waals surface area contributed by atoms with E-state index in [-0.39, 0.29) is 12.7 Å². The molecule has 1 N–H and O–H groups in total. The minimum absolute atomic E-state index is 0.0689. The maximum atomic E-state index is 14.1. The predicted molar refractivity (Wildman–Crippen MR) is 166 cm³/mol. The van der Waals surface area contributed by atoms with Crippen molar-refractivity contribution in [3.63, 3.8) is 0 Å². The van der Waals surface area contributed by atoms with Crippen LogP contribution in [0.3, 0.4) is 0 Å². The number of fused-ring (bicyclic) bond motifs is 2. The Morgan fingerprint density at radius 1 is 0.854 bits per heavy atom. The molecular formula is C34H26N2O3S2. The van der Waals surface area contributed by atoms with E-state index in [2.05, 4.69) is 24.4 Å². The van der Waals surface area contributed by atoms with Gasteiger partial charge >= 0.3 is 0 Å². The van der Waals surface area contributed by atoms with Crippen LogP contribution in [0.5, 0.6) is 11.5 Å². The number of carbonyl (C=O) groups is 1. The average Bonchev–Trinajstić information content (AvgIpc) is 3.71.